The maximum atomic E-state index is 13.9. The number of nitrogens with zero attached hydrogens (tertiary/aromatic N) is 6. The van der Waals surface area contributed by atoms with Gasteiger partial charge < -0.3 is 9.42 Å². The van der Waals surface area contributed by atoms with E-state index >= 15 is 0 Å². The van der Waals surface area contributed by atoms with Gasteiger partial charge in [0.15, 0.2) is 11.5 Å². The maximum Gasteiger partial charge on any atom is 0.420 e. The van der Waals surface area contributed by atoms with Gasteiger partial charge in [-0.15, -0.1) is 0 Å². The molecule has 1 aromatic carbocycles. The van der Waals surface area contributed by atoms with Crippen molar-refractivity contribution in [1.82, 2.24) is 24.7 Å². The Morgan fingerprint density at radius 2 is 1.93 bits per heavy atom. The molecule has 0 N–H and O–H groups in total. The SMILES string of the molecule is C=C(F)CCC(=O)N(CCCCCc1nc(C2CC2)no1)c1cccc(-c2cc(C(F)(F)F)c3nc(C)nn3c2)c1. The molecule has 0 saturated heterocycles. The third-order valence-corrected chi connectivity index (χ3v) is 6.95. The number of benzene rings is 1. The van der Waals surface area contributed by atoms with Crippen LogP contribution in [0.15, 0.2) is 53.5 Å². The molecule has 3 heterocycles. The number of carbonyl (C=O) groups excluding carboxylic acids is 1. The first-order chi connectivity index (χ1) is 19.6. The number of anilines is 1. The second kappa shape index (κ2) is 11.8. The van der Waals surface area contributed by atoms with Crippen molar-refractivity contribution in [3.63, 3.8) is 0 Å². The highest BCUT2D eigenvalue weighted by atomic mass is 19.4. The summed E-state index contributed by atoms with van der Waals surface area (Å²) in [4.78, 5) is 23.0. The van der Waals surface area contributed by atoms with E-state index in [0.717, 1.165) is 42.1 Å². The summed E-state index contributed by atoms with van der Waals surface area (Å²) in [5.74, 6) is 1.12. The molecule has 3 aromatic heterocycles. The van der Waals surface area contributed by atoms with E-state index in [1.807, 2.05) is 0 Å². The molecule has 0 spiro atoms. The van der Waals surface area contributed by atoms with E-state index in [2.05, 4.69) is 26.8 Å². The normalized spacial score (nSPS) is 13.6. The lowest BCUT2D eigenvalue weighted by atomic mass is 10.0. The molecule has 12 heteroatoms. The Bertz CT molecular complexity index is 1560. The van der Waals surface area contributed by atoms with Crippen LogP contribution in [0.4, 0.5) is 23.2 Å². The monoisotopic (exact) mass is 570 g/mol. The number of allylic oxidation sites excluding steroid dienone is 1. The van der Waals surface area contributed by atoms with Gasteiger partial charge in [0.2, 0.25) is 11.8 Å². The maximum absolute atomic E-state index is 13.9. The van der Waals surface area contributed by atoms with Gasteiger partial charge in [-0.3, -0.25) is 4.79 Å². The van der Waals surface area contributed by atoms with Crippen molar-refractivity contribution in [1.29, 1.82) is 0 Å². The number of alkyl halides is 3. The van der Waals surface area contributed by atoms with Crippen LogP contribution in [0.2, 0.25) is 0 Å². The summed E-state index contributed by atoms with van der Waals surface area (Å²) in [6, 6.07) is 7.75. The Morgan fingerprint density at radius 1 is 1.12 bits per heavy atom. The lowest BCUT2D eigenvalue weighted by molar-refractivity contribution is -0.136. The zero-order valence-electron chi connectivity index (χ0n) is 22.6. The number of aryl methyl sites for hydroxylation is 2. The Labute approximate surface area is 234 Å². The third kappa shape index (κ3) is 6.98. The second-order valence-electron chi connectivity index (χ2n) is 10.3. The number of aromatic nitrogens is 5. The van der Waals surface area contributed by atoms with Crippen LogP contribution in [-0.2, 0) is 17.4 Å². The molecule has 0 unspecified atom stereocenters. The smallest absolute Gasteiger partial charge is 0.339 e. The number of fused-ring (bicyclic) bond motifs is 1. The summed E-state index contributed by atoms with van der Waals surface area (Å²) in [7, 11) is 0. The van der Waals surface area contributed by atoms with E-state index in [1.54, 1.807) is 29.2 Å². The fourth-order valence-electron chi connectivity index (χ4n) is 4.69. The molecule has 0 aliphatic heterocycles. The first-order valence-corrected chi connectivity index (χ1v) is 13.6. The van der Waals surface area contributed by atoms with E-state index < -0.39 is 17.6 Å². The molecule has 41 heavy (non-hydrogen) atoms. The number of hydrogen-bond donors (Lipinski definition) is 0. The molecule has 1 aliphatic rings. The van der Waals surface area contributed by atoms with Crippen molar-refractivity contribution in [2.24, 2.45) is 0 Å². The Balaban J connectivity index is 1.33. The fourth-order valence-corrected chi connectivity index (χ4v) is 4.69. The first-order valence-electron chi connectivity index (χ1n) is 13.6. The van der Waals surface area contributed by atoms with Gasteiger partial charge in [0.1, 0.15) is 11.4 Å². The van der Waals surface area contributed by atoms with Crippen LogP contribution in [0.1, 0.15) is 74.0 Å². The highest BCUT2D eigenvalue weighted by Gasteiger charge is 2.35. The van der Waals surface area contributed by atoms with Crippen LogP contribution in [0.3, 0.4) is 0 Å². The highest BCUT2D eigenvalue weighted by Crippen LogP contribution is 2.38. The fraction of sp³-hybridized carbons (Fsp3) is 0.414. The van der Waals surface area contributed by atoms with Crippen LogP contribution >= 0.6 is 0 Å². The largest absolute Gasteiger partial charge is 0.420 e. The summed E-state index contributed by atoms with van der Waals surface area (Å²) >= 11 is 0. The predicted molar refractivity (Wildman–Crippen MR) is 144 cm³/mol. The molecule has 1 fully saturated rings. The quantitative estimate of drug-likeness (QED) is 0.135. The van der Waals surface area contributed by atoms with Gasteiger partial charge in [-0.25, -0.2) is 13.9 Å². The van der Waals surface area contributed by atoms with Crippen LogP contribution in [0.25, 0.3) is 16.8 Å². The molecule has 8 nitrogen and oxygen atoms in total. The number of rotatable bonds is 12. The summed E-state index contributed by atoms with van der Waals surface area (Å²) < 4.78 is 61.3. The van der Waals surface area contributed by atoms with Crippen LogP contribution < -0.4 is 4.90 Å². The van der Waals surface area contributed by atoms with Gasteiger partial charge in [-0.05, 0) is 56.4 Å². The molecule has 0 bridgehead atoms. The predicted octanol–water partition coefficient (Wildman–Crippen LogP) is 6.99. The minimum atomic E-state index is -4.63. The number of amides is 1. The standard InChI is InChI=1S/C29H30F4N6O2/c1-18(30)10-13-26(40)38(14-5-3-4-9-25-35-27(37-41-25)20-11-12-20)23-8-6-7-21(15-23)22-16-24(29(31,32)33)28-34-19(2)36-39(28)17-22/h6-8,15-17,20H,1,3-5,9-14H2,2H3. The van der Waals surface area contributed by atoms with Gasteiger partial charge in [-0.2, -0.15) is 23.3 Å². The number of halogens is 4. The molecule has 0 atom stereocenters. The summed E-state index contributed by atoms with van der Waals surface area (Å²) in [6.07, 6.45) is 1.71. The average molecular weight is 571 g/mol. The zero-order valence-corrected chi connectivity index (χ0v) is 22.6. The van der Waals surface area contributed by atoms with Gasteiger partial charge in [0.25, 0.3) is 0 Å². The Kier molecular flexibility index (Phi) is 8.18. The second-order valence-corrected chi connectivity index (χ2v) is 10.3. The van der Waals surface area contributed by atoms with E-state index in [9.17, 15) is 22.4 Å². The zero-order chi connectivity index (χ0) is 29.1. The minimum absolute atomic E-state index is 0.0755. The van der Waals surface area contributed by atoms with E-state index in [1.165, 1.54) is 13.1 Å². The van der Waals surface area contributed by atoms with E-state index in [4.69, 9.17) is 4.52 Å². The molecule has 216 valence electrons. The van der Waals surface area contributed by atoms with Crippen molar-refractivity contribution >= 4 is 17.2 Å². The highest BCUT2D eigenvalue weighted by molar-refractivity contribution is 5.94. The summed E-state index contributed by atoms with van der Waals surface area (Å²) in [5.41, 5.74) is 0.0690. The third-order valence-electron chi connectivity index (χ3n) is 6.95. The van der Waals surface area contributed by atoms with Crippen molar-refractivity contribution < 1.29 is 26.9 Å². The van der Waals surface area contributed by atoms with Crippen molar-refractivity contribution in [3.05, 3.63) is 72.0 Å². The van der Waals surface area contributed by atoms with E-state index in [0.29, 0.717) is 42.4 Å². The molecular weight excluding hydrogens is 540 g/mol. The number of unbranched alkanes of at least 4 members (excludes halogenated alkanes) is 2. The van der Waals surface area contributed by atoms with Gasteiger partial charge in [0, 0.05) is 49.2 Å². The number of hydrogen-bond acceptors (Lipinski definition) is 6. The van der Waals surface area contributed by atoms with Crippen LogP contribution in [0.5, 0.6) is 0 Å². The van der Waals surface area contributed by atoms with E-state index in [-0.39, 0.29) is 35.8 Å². The lowest BCUT2D eigenvalue weighted by Crippen LogP contribution is -2.31. The molecular formula is C29H30F4N6O2. The summed E-state index contributed by atoms with van der Waals surface area (Å²) in [6.45, 7) is 5.12. The molecule has 1 aliphatic carbocycles. The summed E-state index contributed by atoms with van der Waals surface area (Å²) in [5, 5.41) is 8.10. The number of carbonyl (C=O) groups is 1. The van der Waals surface area contributed by atoms with Crippen LogP contribution in [-0.4, -0.2) is 37.2 Å². The average Bonchev–Trinajstić information content (AvgIpc) is 3.54. The van der Waals surface area contributed by atoms with Gasteiger partial charge >= 0.3 is 6.18 Å². The number of pyridine rings is 1. The Hall–Kier alpha value is -4.09. The molecule has 5 rings (SSSR count). The van der Waals surface area contributed by atoms with Crippen molar-refractivity contribution in [3.8, 4) is 11.1 Å². The van der Waals surface area contributed by atoms with Gasteiger partial charge in [0.05, 0.1) is 5.83 Å². The molecule has 1 saturated carbocycles. The lowest BCUT2D eigenvalue weighted by Gasteiger charge is -2.24. The van der Waals surface area contributed by atoms with Gasteiger partial charge in [-0.1, -0.05) is 30.3 Å². The minimum Gasteiger partial charge on any atom is -0.339 e. The first kappa shape index (κ1) is 28.4. The molecule has 1 amide bonds. The molecule has 0 radical (unpaired) electrons. The van der Waals surface area contributed by atoms with Crippen molar-refractivity contribution in [2.75, 3.05) is 11.4 Å². The Morgan fingerprint density at radius 3 is 2.66 bits per heavy atom. The van der Waals surface area contributed by atoms with Crippen LogP contribution in [0, 0.1) is 6.92 Å². The topological polar surface area (TPSA) is 89.4 Å². The van der Waals surface area contributed by atoms with Crippen molar-refractivity contribution in [2.45, 2.75) is 70.4 Å². The molecule has 4 aromatic rings.